The highest BCUT2D eigenvalue weighted by molar-refractivity contribution is 6.23. The monoisotopic (exact) mass is 191 g/mol. The number of hydrogen-bond donors (Lipinski definition) is 0. The lowest BCUT2D eigenvalue weighted by Gasteiger charge is -1.96. The summed E-state index contributed by atoms with van der Waals surface area (Å²) in [5, 5.41) is 0. The molecule has 0 radical (unpaired) electrons. The van der Waals surface area contributed by atoms with Crippen molar-refractivity contribution in [1.29, 1.82) is 0 Å². The molecule has 3 heteroatoms. The highest BCUT2D eigenvalue weighted by Crippen LogP contribution is 2.03. The molecular weight excluding hydrogens is 178 g/mol. The first-order valence-electron chi connectivity index (χ1n) is 4.35. The normalized spacial score (nSPS) is 10.4. The number of carbonyl (C=O) groups is 1. The number of ether oxygens (including phenoxy) is 1. The minimum Gasteiger partial charge on any atom is -0.465 e. The molecule has 0 aliphatic heterocycles. The third kappa shape index (κ3) is 3.39. The van der Waals surface area contributed by atoms with Crippen LogP contribution >= 0.6 is 0 Å². The molecule has 0 heterocycles. The minimum atomic E-state index is -0.419. The maximum absolute atomic E-state index is 10.7. The molecule has 0 saturated heterocycles. The van der Waals surface area contributed by atoms with E-state index in [2.05, 4.69) is 9.73 Å². The van der Waals surface area contributed by atoms with Crippen molar-refractivity contribution in [2.45, 2.75) is 13.5 Å². The van der Waals surface area contributed by atoms with E-state index in [9.17, 15) is 4.79 Å². The Labute approximate surface area is 83.4 Å². The molecule has 0 aromatic heterocycles. The molecule has 1 rings (SSSR count). The van der Waals surface area contributed by atoms with Crippen molar-refractivity contribution >= 4 is 12.2 Å². The van der Waals surface area contributed by atoms with Crippen LogP contribution in [-0.2, 0) is 16.1 Å². The summed E-state index contributed by atoms with van der Waals surface area (Å²) in [6.45, 7) is 2.54. The van der Waals surface area contributed by atoms with Crippen LogP contribution in [-0.4, -0.2) is 19.3 Å². The number of esters is 1. The van der Waals surface area contributed by atoms with Gasteiger partial charge < -0.3 is 4.74 Å². The zero-order chi connectivity index (χ0) is 10.4. The first-order valence-corrected chi connectivity index (χ1v) is 4.35. The van der Waals surface area contributed by atoms with E-state index in [1.807, 2.05) is 31.2 Å². The van der Waals surface area contributed by atoms with Crippen LogP contribution < -0.4 is 0 Å². The van der Waals surface area contributed by atoms with Gasteiger partial charge in [-0.1, -0.05) is 29.8 Å². The van der Waals surface area contributed by atoms with Crippen molar-refractivity contribution in [3.63, 3.8) is 0 Å². The van der Waals surface area contributed by atoms with Gasteiger partial charge in [0.15, 0.2) is 0 Å². The molecule has 14 heavy (non-hydrogen) atoms. The van der Waals surface area contributed by atoms with Crippen LogP contribution in [0.3, 0.4) is 0 Å². The SMILES string of the molecule is COC(=O)C=NCc1ccc(C)cc1. The van der Waals surface area contributed by atoms with Gasteiger partial charge in [-0.05, 0) is 12.5 Å². The van der Waals surface area contributed by atoms with Crippen LogP contribution in [0.1, 0.15) is 11.1 Å². The smallest absolute Gasteiger partial charge is 0.348 e. The maximum Gasteiger partial charge on any atom is 0.348 e. The number of aryl methyl sites for hydroxylation is 1. The van der Waals surface area contributed by atoms with Crippen molar-refractivity contribution in [2.24, 2.45) is 4.99 Å². The molecular formula is C11H13NO2. The van der Waals surface area contributed by atoms with Gasteiger partial charge in [-0.25, -0.2) is 4.79 Å². The van der Waals surface area contributed by atoms with Crippen molar-refractivity contribution in [2.75, 3.05) is 7.11 Å². The number of methoxy groups -OCH3 is 1. The fraction of sp³-hybridized carbons (Fsp3) is 0.273. The molecule has 0 amide bonds. The number of rotatable bonds is 3. The fourth-order valence-corrected chi connectivity index (χ4v) is 0.972. The van der Waals surface area contributed by atoms with Gasteiger partial charge in [0, 0.05) is 0 Å². The second-order valence-electron chi connectivity index (χ2n) is 2.98. The fourth-order valence-electron chi connectivity index (χ4n) is 0.972. The lowest BCUT2D eigenvalue weighted by atomic mass is 10.1. The Morgan fingerprint density at radius 2 is 2.07 bits per heavy atom. The number of carbonyl (C=O) groups excluding carboxylic acids is 1. The number of nitrogens with zero attached hydrogens (tertiary/aromatic N) is 1. The molecule has 0 unspecified atom stereocenters. The summed E-state index contributed by atoms with van der Waals surface area (Å²) in [6.07, 6.45) is 1.19. The lowest BCUT2D eigenvalue weighted by Crippen LogP contribution is -2.00. The second-order valence-corrected chi connectivity index (χ2v) is 2.98. The Morgan fingerprint density at radius 3 is 2.64 bits per heavy atom. The Bertz CT molecular complexity index is 328. The molecule has 1 aromatic carbocycles. The topological polar surface area (TPSA) is 38.7 Å². The summed E-state index contributed by atoms with van der Waals surface area (Å²) in [4.78, 5) is 14.6. The van der Waals surface area contributed by atoms with E-state index in [1.54, 1.807) is 0 Å². The average molecular weight is 191 g/mol. The molecule has 0 saturated carbocycles. The number of aliphatic imine (C=N–C) groups is 1. The van der Waals surface area contributed by atoms with Crippen LogP contribution in [0.15, 0.2) is 29.3 Å². The van der Waals surface area contributed by atoms with Gasteiger partial charge in [0.1, 0.15) is 6.21 Å². The molecule has 0 aliphatic carbocycles. The van der Waals surface area contributed by atoms with E-state index in [0.717, 1.165) is 5.56 Å². The van der Waals surface area contributed by atoms with E-state index in [4.69, 9.17) is 0 Å². The van der Waals surface area contributed by atoms with Gasteiger partial charge in [0.2, 0.25) is 0 Å². The van der Waals surface area contributed by atoms with E-state index in [0.29, 0.717) is 6.54 Å². The largest absolute Gasteiger partial charge is 0.465 e. The van der Waals surface area contributed by atoms with E-state index in [-0.39, 0.29) is 0 Å². The zero-order valence-electron chi connectivity index (χ0n) is 8.36. The van der Waals surface area contributed by atoms with Crippen LogP contribution in [0.2, 0.25) is 0 Å². The van der Waals surface area contributed by atoms with Gasteiger partial charge >= 0.3 is 5.97 Å². The van der Waals surface area contributed by atoms with Gasteiger partial charge in [0.05, 0.1) is 13.7 Å². The van der Waals surface area contributed by atoms with Gasteiger partial charge in [-0.15, -0.1) is 0 Å². The summed E-state index contributed by atoms with van der Waals surface area (Å²) in [5.74, 6) is -0.419. The highest BCUT2D eigenvalue weighted by Gasteiger charge is 1.92. The molecule has 74 valence electrons. The van der Waals surface area contributed by atoms with Crippen molar-refractivity contribution in [1.82, 2.24) is 0 Å². The molecule has 0 bridgehead atoms. The van der Waals surface area contributed by atoms with Crippen molar-refractivity contribution in [3.8, 4) is 0 Å². The third-order valence-corrected chi connectivity index (χ3v) is 1.79. The van der Waals surface area contributed by atoms with Gasteiger partial charge in [-0.2, -0.15) is 0 Å². The van der Waals surface area contributed by atoms with Crippen molar-refractivity contribution in [3.05, 3.63) is 35.4 Å². The molecule has 0 N–H and O–H groups in total. The van der Waals surface area contributed by atoms with E-state index < -0.39 is 5.97 Å². The first-order chi connectivity index (χ1) is 6.72. The summed E-state index contributed by atoms with van der Waals surface area (Å²) >= 11 is 0. The Kier molecular flexibility index (Phi) is 3.85. The zero-order valence-corrected chi connectivity index (χ0v) is 8.36. The number of hydrogen-bond acceptors (Lipinski definition) is 3. The standard InChI is InChI=1S/C11H13NO2/c1-9-3-5-10(6-4-9)7-12-8-11(13)14-2/h3-6,8H,7H2,1-2H3. The molecule has 0 aliphatic rings. The summed E-state index contributed by atoms with van der Waals surface area (Å²) in [5.41, 5.74) is 2.29. The number of benzene rings is 1. The third-order valence-electron chi connectivity index (χ3n) is 1.79. The molecule has 0 atom stereocenters. The molecule has 1 aromatic rings. The van der Waals surface area contributed by atoms with E-state index in [1.165, 1.54) is 18.9 Å². The maximum atomic E-state index is 10.7. The summed E-state index contributed by atoms with van der Waals surface area (Å²) in [7, 11) is 1.33. The van der Waals surface area contributed by atoms with Gasteiger partial charge in [-0.3, -0.25) is 4.99 Å². The van der Waals surface area contributed by atoms with E-state index >= 15 is 0 Å². The Balaban J connectivity index is 2.49. The van der Waals surface area contributed by atoms with Crippen LogP contribution in [0.25, 0.3) is 0 Å². The van der Waals surface area contributed by atoms with Crippen LogP contribution in [0.5, 0.6) is 0 Å². The van der Waals surface area contributed by atoms with Crippen LogP contribution in [0, 0.1) is 6.92 Å². The molecule has 0 fully saturated rings. The average Bonchev–Trinajstić information content (AvgIpc) is 2.21. The minimum absolute atomic E-state index is 0.419. The molecule has 0 spiro atoms. The van der Waals surface area contributed by atoms with Crippen molar-refractivity contribution < 1.29 is 9.53 Å². The summed E-state index contributed by atoms with van der Waals surface area (Å²) < 4.78 is 4.42. The Morgan fingerprint density at radius 1 is 1.43 bits per heavy atom. The molecule has 3 nitrogen and oxygen atoms in total. The quantitative estimate of drug-likeness (QED) is 0.539. The lowest BCUT2D eigenvalue weighted by molar-refractivity contribution is -0.132. The predicted molar refractivity (Wildman–Crippen MR) is 55.4 cm³/mol. The Hall–Kier alpha value is -1.64. The first kappa shape index (κ1) is 10.4. The predicted octanol–water partition coefficient (Wildman–Crippen LogP) is 1.74. The van der Waals surface area contributed by atoms with Crippen LogP contribution in [0.4, 0.5) is 0 Å². The highest BCUT2D eigenvalue weighted by atomic mass is 16.5. The summed E-state index contributed by atoms with van der Waals surface area (Å²) in [6, 6.07) is 8.01. The second kappa shape index (κ2) is 5.17. The van der Waals surface area contributed by atoms with Gasteiger partial charge in [0.25, 0.3) is 0 Å².